The SMILES string of the molecule is O=C(c1ccc(Cl)c(Cl)c1)N(CC(=O)N1c2ccccc2-n2cccc2C1c1ccc(Cl)cc1)C1CC1. The lowest BCUT2D eigenvalue weighted by molar-refractivity contribution is -0.119. The van der Waals surface area contributed by atoms with Crippen molar-refractivity contribution in [2.24, 2.45) is 0 Å². The number of para-hydroxylation sites is 2. The monoisotopic (exact) mass is 549 g/mol. The van der Waals surface area contributed by atoms with E-state index >= 15 is 0 Å². The van der Waals surface area contributed by atoms with E-state index in [1.165, 1.54) is 0 Å². The second-order valence-corrected chi connectivity index (χ2v) is 10.6. The molecule has 1 atom stereocenters. The highest BCUT2D eigenvalue weighted by molar-refractivity contribution is 6.42. The predicted molar refractivity (Wildman–Crippen MR) is 147 cm³/mol. The van der Waals surface area contributed by atoms with Crippen LogP contribution < -0.4 is 4.90 Å². The Morgan fingerprint density at radius 2 is 1.57 bits per heavy atom. The highest BCUT2D eigenvalue weighted by Crippen LogP contribution is 2.43. The zero-order valence-electron chi connectivity index (χ0n) is 19.7. The van der Waals surface area contributed by atoms with Crippen molar-refractivity contribution in [1.29, 1.82) is 0 Å². The second-order valence-electron chi connectivity index (χ2n) is 9.30. The minimum Gasteiger partial charge on any atom is -0.326 e. The Kier molecular flexibility index (Phi) is 6.23. The van der Waals surface area contributed by atoms with Crippen LogP contribution in [0, 0.1) is 0 Å². The molecule has 5 nitrogen and oxygen atoms in total. The van der Waals surface area contributed by atoms with E-state index in [2.05, 4.69) is 4.57 Å². The largest absolute Gasteiger partial charge is 0.326 e. The third-order valence-corrected chi connectivity index (χ3v) is 7.89. The van der Waals surface area contributed by atoms with Crippen LogP contribution in [0.5, 0.6) is 0 Å². The van der Waals surface area contributed by atoms with Crippen molar-refractivity contribution in [3.05, 3.63) is 117 Å². The van der Waals surface area contributed by atoms with Crippen LogP contribution in [0.3, 0.4) is 0 Å². The van der Waals surface area contributed by atoms with Gasteiger partial charge in [0.2, 0.25) is 5.91 Å². The van der Waals surface area contributed by atoms with Gasteiger partial charge in [0.15, 0.2) is 0 Å². The van der Waals surface area contributed by atoms with Gasteiger partial charge in [-0.3, -0.25) is 14.5 Å². The number of aromatic nitrogens is 1. The number of anilines is 1. The minimum atomic E-state index is -0.379. The van der Waals surface area contributed by atoms with E-state index in [1.807, 2.05) is 71.8 Å². The Morgan fingerprint density at radius 1 is 0.838 bits per heavy atom. The van der Waals surface area contributed by atoms with Crippen molar-refractivity contribution in [1.82, 2.24) is 9.47 Å². The summed E-state index contributed by atoms with van der Waals surface area (Å²) in [5.41, 5.74) is 4.00. The summed E-state index contributed by atoms with van der Waals surface area (Å²) in [6.07, 6.45) is 3.73. The van der Waals surface area contributed by atoms with Crippen LogP contribution in [0.15, 0.2) is 85.1 Å². The molecule has 1 aliphatic carbocycles. The molecule has 2 heterocycles. The zero-order valence-corrected chi connectivity index (χ0v) is 21.9. The van der Waals surface area contributed by atoms with E-state index in [4.69, 9.17) is 34.8 Å². The molecule has 3 aromatic carbocycles. The molecule has 0 spiro atoms. The maximum absolute atomic E-state index is 14.2. The number of fused-ring (bicyclic) bond motifs is 3. The van der Waals surface area contributed by atoms with E-state index in [1.54, 1.807) is 23.1 Å². The smallest absolute Gasteiger partial charge is 0.254 e. The van der Waals surface area contributed by atoms with Crippen LogP contribution in [0.4, 0.5) is 5.69 Å². The number of rotatable bonds is 5. The lowest BCUT2D eigenvalue weighted by atomic mass is 9.97. The van der Waals surface area contributed by atoms with E-state index in [0.29, 0.717) is 20.6 Å². The molecule has 1 aliphatic heterocycles. The van der Waals surface area contributed by atoms with Gasteiger partial charge in [0.1, 0.15) is 12.6 Å². The van der Waals surface area contributed by atoms with Crippen LogP contribution >= 0.6 is 34.8 Å². The van der Waals surface area contributed by atoms with Crippen LogP contribution in [0.1, 0.15) is 40.5 Å². The summed E-state index contributed by atoms with van der Waals surface area (Å²) in [4.78, 5) is 31.2. The number of halogens is 3. The molecular formula is C29H22Cl3N3O2. The number of benzene rings is 3. The Morgan fingerprint density at radius 3 is 2.27 bits per heavy atom. The second kappa shape index (κ2) is 9.56. The molecule has 0 radical (unpaired) electrons. The van der Waals surface area contributed by atoms with Gasteiger partial charge in [0, 0.05) is 22.8 Å². The maximum atomic E-state index is 14.2. The van der Waals surface area contributed by atoms with E-state index < -0.39 is 0 Å². The van der Waals surface area contributed by atoms with E-state index in [-0.39, 0.29) is 30.4 Å². The molecule has 37 heavy (non-hydrogen) atoms. The lowest BCUT2D eigenvalue weighted by Crippen LogP contribution is -2.47. The summed E-state index contributed by atoms with van der Waals surface area (Å²) in [6, 6.07) is 23.8. The van der Waals surface area contributed by atoms with Crippen molar-refractivity contribution in [3.63, 3.8) is 0 Å². The van der Waals surface area contributed by atoms with Gasteiger partial charge in [-0.05, 0) is 73.0 Å². The summed E-state index contributed by atoms with van der Waals surface area (Å²) in [6.45, 7) is -0.0527. The summed E-state index contributed by atoms with van der Waals surface area (Å²) in [5.74, 6) is -0.397. The van der Waals surface area contributed by atoms with Gasteiger partial charge in [-0.2, -0.15) is 0 Å². The van der Waals surface area contributed by atoms with Crippen LogP contribution in [-0.2, 0) is 4.79 Å². The molecule has 1 saturated carbocycles. The Labute approximate surface area is 229 Å². The highest BCUT2D eigenvalue weighted by atomic mass is 35.5. The molecule has 0 saturated heterocycles. The average Bonchev–Trinajstić information content (AvgIpc) is 3.63. The van der Waals surface area contributed by atoms with Gasteiger partial charge in [0.05, 0.1) is 27.1 Å². The topological polar surface area (TPSA) is 45.6 Å². The summed E-state index contributed by atoms with van der Waals surface area (Å²) in [5, 5.41) is 1.31. The molecule has 0 bridgehead atoms. The molecule has 186 valence electrons. The average molecular weight is 551 g/mol. The molecule has 1 unspecified atom stereocenters. The highest BCUT2D eigenvalue weighted by Gasteiger charge is 2.40. The van der Waals surface area contributed by atoms with Crippen molar-refractivity contribution in [3.8, 4) is 5.69 Å². The maximum Gasteiger partial charge on any atom is 0.254 e. The molecule has 4 aromatic rings. The third kappa shape index (κ3) is 4.42. The number of nitrogens with zero attached hydrogens (tertiary/aromatic N) is 3. The van der Waals surface area contributed by atoms with Gasteiger partial charge < -0.3 is 9.47 Å². The zero-order chi connectivity index (χ0) is 25.7. The van der Waals surface area contributed by atoms with Gasteiger partial charge in [-0.25, -0.2) is 0 Å². The van der Waals surface area contributed by atoms with Gasteiger partial charge in [-0.15, -0.1) is 0 Å². The molecular weight excluding hydrogens is 529 g/mol. The van der Waals surface area contributed by atoms with Crippen molar-refractivity contribution < 1.29 is 9.59 Å². The molecule has 8 heteroatoms. The molecule has 1 aromatic heterocycles. The fourth-order valence-electron chi connectivity index (χ4n) is 4.99. The Hall–Kier alpha value is -3.25. The fourth-order valence-corrected chi connectivity index (χ4v) is 5.42. The van der Waals surface area contributed by atoms with Gasteiger partial charge in [0.25, 0.3) is 5.91 Å². The molecule has 0 N–H and O–H groups in total. The first-order valence-corrected chi connectivity index (χ1v) is 13.2. The summed E-state index contributed by atoms with van der Waals surface area (Å²) >= 11 is 18.4. The number of hydrogen-bond acceptors (Lipinski definition) is 2. The fraction of sp³-hybridized carbons (Fsp3) is 0.172. The van der Waals surface area contributed by atoms with Crippen LogP contribution in [0.25, 0.3) is 5.69 Å². The van der Waals surface area contributed by atoms with Crippen molar-refractivity contribution in [2.45, 2.75) is 24.9 Å². The molecule has 1 fully saturated rings. The quantitative estimate of drug-likeness (QED) is 0.264. The Balaban J connectivity index is 1.40. The van der Waals surface area contributed by atoms with Gasteiger partial charge in [-0.1, -0.05) is 59.1 Å². The minimum absolute atomic E-state index is 0.0174. The van der Waals surface area contributed by atoms with Crippen molar-refractivity contribution in [2.75, 3.05) is 11.4 Å². The predicted octanol–water partition coefficient (Wildman–Crippen LogP) is 7.18. The number of carbonyl (C=O) groups excluding carboxylic acids is 2. The molecule has 6 rings (SSSR count). The van der Waals surface area contributed by atoms with E-state index in [9.17, 15) is 9.59 Å². The van der Waals surface area contributed by atoms with Crippen LogP contribution in [0.2, 0.25) is 15.1 Å². The first kappa shape index (κ1) is 24.1. The standard InChI is InChI=1S/C29H22Cl3N3O2/c30-20-10-7-18(8-11-20)28-26-6-3-15-33(26)24-4-1-2-5-25(24)35(28)27(36)17-34(21-12-13-21)29(37)19-9-14-22(31)23(32)16-19/h1-11,14-16,21,28H,12-13,17H2. The van der Waals surface area contributed by atoms with Crippen molar-refractivity contribution >= 4 is 52.3 Å². The number of amides is 2. The molecule has 2 aliphatic rings. The first-order chi connectivity index (χ1) is 17.9. The number of hydrogen-bond donors (Lipinski definition) is 0. The molecule has 2 amide bonds. The van der Waals surface area contributed by atoms with Gasteiger partial charge >= 0.3 is 0 Å². The third-order valence-electron chi connectivity index (χ3n) is 6.89. The lowest BCUT2D eigenvalue weighted by Gasteiger charge is -2.39. The van der Waals surface area contributed by atoms with Crippen LogP contribution in [-0.4, -0.2) is 33.9 Å². The number of carbonyl (C=O) groups is 2. The first-order valence-electron chi connectivity index (χ1n) is 12.0. The summed E-state index contributed by atoms with van der Waals surface area (Å²) in [7, 11) is 0. The van der Waals surface area contributed by atoms with E-state index in [0.717, 1.165) is 35.5 Å². The summed E-state index contributed by atoms with van der Waals surface area (Å²) < 4.78 is 2.11. The Bertz CT molecular complexity index is 1510. The normalized spacial score (nSPS) is 16.2.